The third kappa shape index (κ3) is 10.2. The van der Waals surface area contributed by atoms with E-state index in [-0.39, 0.29) is 28.9 Å². The lowest BCUT2D eigenvalue weighted by Crippen LogP contribution is -2.17. The Morgan fingerprint density at radius 3 is 1.48 bits per heavy atom. The summed E-state index contributed by atoms with van der Waals surface area (Å²) in [5.41, 5.74) is 14.7. The van der Waals surface area contributed by atoms with Crippen molar-refractivity contribution in [3.63, 3.8) is 0 Å². The van der Waals surface area contributed by atoms with Crippen molar-refractivity contribution in [2.24, 2.45) is 23.5 Å². The summed E-state index contributed by atoms with van der Waals surface area (Å²) in [5, 5.41) is 51.2. The molecule has 0 amide bonds. The number of rotatable bonds is 12. The van der Waals surface area contributed by atoms with Gasteiger partial charge in [-0.1, -0.05) is 57.7 Å². The highest BCUT2D eigenvalue weighted by molar-refractivity contribution is 7.90. The summed E-state index contributed by atoms with van der Waals surface area (Å²) >= 11 is 0. The van der Waals surface area contributed by atoms with Gasteiger partial charge in [-0.05, 0) is 93.5 Å². The minimum atomic E-state index is -3.77. The molecule has 15 rings (SSSR count). The van der Waals surface area contributed by atoms with Crippen LogP contribution in [0.25, 0.3) is 50.4 Å². The molecule has 86 heavy (non-hydrogen) atoms. The lowest BCUT2D eigenvalue weighted by Gasteiger charge is -2.16. The second kappa shape index (κ2) is 23.0. The number of H-pyrrole nitrogens is 2. The number of hydrogen-bond donors (Lipinski definition) is 5. The Morgan fingerprint density at radius 1 is 0.547 bits per heavy atom. The lowest BCUT2D eigenvalue weighted by atomic mass is 9.93. The summed E-state index contributed by atoms with van der Waals surface area (Å²) in [6.45, 7) is 8.53. The van der Waals surface area contributed by atoms with E-state index in [4.69, 9.17) is 16.3 Å². The molecule has 3 unspecified atom stereocenters. The van der Waals surface area contributed by atoms with Crippen LogP contribution in [0.5, 0.6) is 0 Å². The average molecular weight is 1170 g/mol. The largest absolute Gasteiger partial charge is 0.366 e. The van der Waals surface area contributed by atoms with Gasteiger partial charge in [0, 0.05) is 54.5 Å². The van der Waals surface area contributed by atoms with Gasteiger partial charge >= 0.3 is 0 Å². The van der Waals surface area contributed by atoms with E-state index in [0.29, 0.717) is 69.4 Å². The number of nitriles is 2. The molecule has 6 N–H and O–H groups in total. The third-order valence-electron chi connectivity index (χ3n) is 17.5. The fraction of sp³-hybridized carbons (Fsp3) is 0.373. The second-order valence-corrected chi connectivity index (χ2v) is 24.4. The molecule has 27 heteroatoms. The van der Waals surface area contributed by atoms with Crippen molar-refractivity contribution in [1.82, 2.24) is 92.6 Å². The number of benzene rings is 1. The first-order valence-electron chi connectivity index (χ1n) is 29.0. The van der Waals surface area contributed by atoms with Crippen LogP contribution in [0.1, 0.15) is 131 Å². The maximum absolute atomic E-state index is 13.2. The molecular weight excluding hydrogens is 1110 g/mol. The first kappa shape index (κ1) is 55.3. The lowest BCUT2D eigenvalue weighted by molar-refractivity contribution is 0.450. The summed E-state index contributed by atoms with van der Waals surface area (Å²) in [6, 6.07) is 17.3. The molecule has 0 spiro atoms. The number of hydrogen-bond acceptors (Lipinski definition) is 20. The average Bonchev–Trinajstić information content (AvgIpc) is 3.05. The summed E-state index contributed by atoms with van der Waals surface area (Å²) in [5.74, 6) is 6.43. The molecule has 1 aromatic carbocycles. The van der Waals surface area contributed by atoms with Crippen molar-refractivity contribution in [1.29, 1.82) is 10.5 Å². The van der Waals surface area contributed by atoms with Gasteiger partial charge in [-0.15, -0.1) is 30.6 Å². The van der Waals surface area contributed by atoms with Gasteiger partial charge in [0.1, 0.15) is 41.2 Å². The van der Waals surface area contributed by atoms with Crippen molar-refractivity contribution >= 4 is 72.1 Å². The molecule has 436 valence electrons. The predicted octanol–water partition coefficient (Wildman–Crippen LogP) is 8.16. The van der Waals surface area contributed by atoms with E-state index in [1.54, 1.807) is 67.5 Å². The molecule has 3 saturated carbocycles. The molecule has 3 fully saturated rings. The fourth-order valence-electron chi connectivity index (χ4n) is 13.3. The molecule has 3 aliphatic carbocycles. The number of nitrogens with zero attached hydrogens (tertiary/aromatic N) is 19. The molecule has 11 aromatic heterocycles. The third-order valence-corrected chi connectivity index (χ3v) is 19.2. The molecule has 11 heterocycles. The molecule has 0 saturated heterocycles. The van der Waals surface area contributed by atoms with Crippen LogP contribution in [0.3, 0.4) is 0 Å². The number of aryl methyl sites for hydroxylation is 1. The summed E-state index contributed by atoms with van der Waals surface area (Å²) in [7, 11) is -3.77. The monoisotopic (exact) mass is 1170 g/mol. The van der Waals surface area contributed by atoms with Crippen LogP contribution < -0.4 is 16.4 Å². The van der Waals surface area contributed by atoms with Crippen LogP contribution in [-0.2, 0) is 10.0 Å². The molecule has 0 bridgehead atoms. The zero-order valence-electron chi connectivity index (χ0n) is 47.7. The molecule has 26 nitrogen and oxygen atoms in total. The van der Waals surface area contributed by atoms with Crippen LogP contribution in [0.15, 0.2) is 109 Å². The number of fused-ring (bicyclic) bond motifs is 9. The summed E-state index contributed by atoms with van der Waals surface area (Å²) in [6.07, 6.45) is 25.6. The highest BCUT2D eigenvalue weighted by atomic mass is 32.2. The Morgan fingerprint density at radius 2 is 1.01 bits per heavy atom. The van der Waals surface area contributed by atoms with Crippen LogP contribution in [0.2, 0.25) is 0 Å². The van der Waals surface area contributed by atoms with E-state index in [1.807, 2.05) is 48.0 Å². The topological polar surface area (TPSA) is 349 Å². The summed E-state index contributed by atoms with van der Waals surface area (Å²) in [4.78, 5) is 36.5. The zero-order valence-corrected chi connectivity index (χ0v) is 48.5. The van der Waals surface area contributed by atoms with E-state index in [1.165, 1.54) is 16.4 Å². The van der Waals surface area contributed by atoms with Crippen LogP contribution in [-0.4, -0.2) is 119 Å². The van der Waals surface area contributed by atoms with E-state index in [9.17, 15) is 8.42 Å². The van der Waals surface area contributed by atoms with Gasteiger partial charge in [0.2, 0.25) is 0 Å². The standard InChI is InChI=1S/C21H24N6O2S.2C19H19N9/c1-3-14-10-15(22)11-17(14)20-25-24-19-12-23-21-18(27(19)20)8-9-26(21)30(28,29)16-6-4-13(2)5-7-16;2*1-2-11-5-12(25-16-9-22-13(7-20)8-23-16)6-14(11)19-27-26-17-10-24-18-15(28(17)19)3-4-21-18/h4-9,12,14-15,17H,3,10-11,22H2,1-2H3;2*3-4,8-12,14,21H,2,5-6H2,1H3,(H,23,25)/t;2*11-,12+,14+/m.10/s1. The second-order valence-electron chi connectivity index (χ2n) is 22.6. The molecule has 0 radical (unpaired) electrons. The van der Waals surface area contributed by atoms with E-state index >= 15 is 0 Å². The van der Waals surface area contributed by atoms with Crippen LogP contribution in [0.4, 0.5) is 11.6 Å². The minimum Gasteiger partial charge on any atom is -0.366 e. The maximum Gasteiger partial charge on any atom is 0.269 e. The normalized spacial score (nSPS) is 22.1. The Kier molecular flexibility index (Phi) is 14.8. The van der Waals surface area contributed by atoms with Gasteiger partial charge in [-0.3, -0.25) is 13.2 Å². The van der Waals surface area contributed by atoms with Crippen LogP contribution >= 0.6 is 0 Å². The first-order chi connectivity index (χ1) is 41.9. The minimum absolute atomic E-state index is 0.149. The quantitative estimate of drug-likeness (QED) is 0.0770. The fourth-order valence-corrected chi connectivity index (χ4v) is 14.6. The SMILES string of the molecule is CCC1CC(N)CC1c1nnc2cnc3c(ccn3S(=O)(=O)c3ccc(C)cc3)n12.CC[C@@H]1C[C@H](Nc2cnc(C#N)cn2)C[C@@H]1c1nnc2cnc3[nH]ccc3n12.CC[C@H]1C[C@@H](Nc2cnc(C#N)cn2)C[C@H]1c1nnc2cnc3[nH]ccc3n12. The number of aromatic nitrogens is 19. The number of nitrogens with two attached hydrogens (primary N) is 1. The molecule has 0 aliphatic heterocycles. The first-order valence-corrected chi connectivity index (χ1v) is 30.5. The van der Waals surface area contributed by atoms with Crippen molar-refractivity contribution in [3.05, 3.63) is 139 Å². The van der Waals surface area contributed by atoms with Crippen molar-refractivity contribution in [3.8, 4) is 12.1 Å². The highest BCUT2D eigenvalue weighted by Crippen LogP contribution is 2.45. The molecule has 9 atom stereocenters. The van der Waals surface area contributed by atoms with Gasteiger partial charge in [0.15, 0.2) is 45.3 Å². The van der Waals surface area contributed by atoms with Crippen molar-refractivity contribution in [2.75, 3.05) is 10.6 Å². The molecule has 12 aromatic rings. The Hall–Kier alpha value is -9.86. The Bertz CT molecular complexity index is 4420. The zero-order chi connectivity index (χ0) is 59.2. The molecular formula is C59H62N24O2S. The Balaban J connectivity index is 0.000000120. The highest BCUT2D eigenvalue weighted by Gasteiger charge is 2.40. The van der Waals surface area contributed by atoms with Crippen molar-refractivity contribution in [2.45, 2.75) is 126 Å². The number of aromatic amines is 2. The van der Waals surface area contributed by atoms with Gasteiger partial charge < -0.3 is 26.3 Å². The maximum atomic E-state index is 13.2. The van der Waals surface area contributed by atoms with Crippen molar-refractivity contribution < 1.29 is 8.42 Å². The van der Waals surface area contributed by atoms with Crippen LogP contribution in [0, 0.1) is 47.3 Å². The van der Waals surface area contributed by atoms with Gasteiger partial charge in [0.25, 0.3) is 10.0 Å². The number of anilines is 2. The van der Waals surface area contributed by atoms with Gasteiger partial charge in [-0.2, -0.15) is 10.5 Å². The Labute approximate surface area is 492 Å². The van der Waals surface area contributed by atoms with E-state index in [0.717, 1.165) is 114 Å². The van der Waals surface area contributed by atoms with E-state index in [2.05, 4.69) is 116 Å². The summed E-state index contributed by atoms with van der Waals surface area (Å²) < 4.78 is 33.9. The van der Waals surface area contributed by atoms with Gasteiger partial charge in [-0.25, -0.2) is 47.3 Å². The smallest absolute Gasteiger partial charge is 0.269 e. The predicted molar refractivity (Wildman–Crippen MR) is 319 cm³/mol. The van der Waals surface area contributed by atoms with E-state index < -0.39 is 10.0 Å². The number of nitrogens with one attached hydrogen (secondary N) is 4. The molecule has 3 aliphatic rings. The van der Waals surface area contributed by atoms with Gasteiger partial charge in [0.05, 0.1) is 64.8 Å².